The number of nitrogen functional groups attached to an aromatic ring is 1. The second-order valence-electron chi connectivity index (χ2n) is 3.97. The molecular weight excluding hydrogens is 252 g/mol. The minimum atomic E-state index is -0.529. The van der Waals surface area contributed by atoms with E-state index >= 15 is 0 Å². The minimum Gasteiger partial charge on any atom is -0.368 e. The van der Waals surface area contributed by atoms with Crippen LogP contribution in [0.15, 0.2) is 30.5 Å². The highest BCUT2D eigenvalue weighted by atomic mass is 35.5. The van der Waals surface area contributed by atoms with Gasteiger partial charge in [-0.1, -0.05) is 29.8 Å². The molecule has 1 aliphatic rings. The van der Waals surface area contributed by atoms with E-state index in [0.29, 0.717) is 10.7 Å². The summed E-state index contributed by atoms with van der Waals surface area (Å²) in [7, 11) is 0. The number of anilines is 2. The number of fused-ring (bicyclic) bond motifs is 1. The van der Waals surface area contributed by atoms with Crippen LogP contribution >= 0.6 is 11.6 Å². The number of benzene rings is 1. The molecule has 0 radical (unpaired) electrons. The second-order valence-corrected chi connectivity index (χ2v) is 4.38. The normalized spacial score (nSPS) is 17.4. The molecule has 1 aromatic carbocycles. The minimum absolute atomic E-state index is 0.103. The zero-order valence-corrected chi connectivity index (χ0v) is 9.98. The molecule has 1 unspecified atom stereocenters. The Balaban J connectivity index is 2.17. The molecule has 1 amide bonds. The number of amides is 1. The first-order chi connectivity index (χ1) is 8.66. The molecule has 1 atom stereocenters. The first-order valence-electron chi connectivity index (χ1n) is 5.34. The van der Waals surface area contributed by atoms with Crippen LogP contribution in [0.2, 0.25) is 5.02 Å². The highest BCUT2D eigenvalue weighted by Crippen LogP contribution is 2.38. The predicted molar refractivity (Wildman–Crippen MR) is 68.4 cm³/mol. The molecule has 0 spiro atoms. The summed E-state index contributed by atoms with van der Waals surface area (Å²) < 4.78 is 0. The van der Waals surface area contributed by atoms with Crippen LogP contribution in [0.1, 0.15) is 17.2 Å². The van der Waals surface area contributed by atoms with Gasteiger partial charge in [0.2, 0.25) is 11.9 Å². The summed E-state index contributed by atoms with van der Waals surface area (Å²) in [5.41, 5.74) is 7.61. The van der Waals surface area contributed by atoms with Crippen LogP contribution < -0.4 is 11.1 Å². The maximum absolute atomic E-state index is 12.0. The van der Waals surface area contributed by atoms with Crippen molar-refractivity contribution in [3.63, 3.8) is 0 Å². The molecule has 1 aromatic heterocycles. The Morgan fingerprint density at radius 3 is 2.94 bits per heavy atom. The van der Waals surface area contributed by atoms with Crippen molar-refractivity contribution >= 4 is 29.1 Å². The summed E-state index contributed by atoms with van der Waals surface area (Å²) >= 11 is 6.05. The fourth-order valence-corrected chi connectivity index (χ4v) is 2.28. The largest absolute Gasteiger partial charge is 0.368 e. The van der Waals surface area contributed by atoms with Crippen molar-refractivity contribution in [1.29, 1.82) is 0 Å². The number of carbonyl (C=O) groups is 1. The molecule has 0 saturated carbocycles. The highest BCUT2D eigenvalue weighted by molar-refractivity contribution is 6.31. The molecule has 1 aliphatic heterocycles. The monoisotopic (exact) mass is 260 g/mol. The van der Waals surface area contributed by atoms with E-state index in [-0.39, 0.29) is 11.9 Å². The molecule has 0 fully saturated rings. The highest BCUT2D eigenvalue weighted by Gasteiger charge is 2.34. The molecule has 5 nitrogen and oxygen atoms in total. The SMILES string of the molecule is Nc1ncc(Cl)c(C2C(=O)Nc3ccccc32)n1. The van der Waals surface area contributed by atoms with Gasteiger partial charge in [-0.25, -0.2) is 9.97 Å². The Labute approximate surface area is 108 Å². The lowest BCUT2D eigenvalue weighted by Crippen LogP contribution is -2.16. The van der Waals surface area contributed by atoms with Crippen molar-refractivity contribution in [3.8, 4) is 0 Å². The number of hydrogen-bond acceptors (Lipinski definition) is 4. The third-order valence-corrected chi connectivity index (χ3v) is 3.15. The van der Waals surface area contributed by atoms with Crippen molar-refractivity contribution in [2.24, 2.45) is 0 Å². The first-order valence-corrected chi connectivity index (χ1v) is 5.72. The molecule has 6 heteroatoms. The van der Waals surface area contributed by atoms with Crippen molar-refractivity contribution in [2.45, 2.75) is 5.92 Å². The molecule has 3 rings (SSSR count). The number of rotatable bonds is 1. The zero-order valence-electron chi connectivity index (χ0n) is 9.22. The van der Waals surface area contributed by atoms with Crippen LogP contribution in [0, 0.1) is 0 Å². The fraction of sp³-hybridized carbons (Fsp3) is 0.0833. The van der Waals surface area contributed by atoms with Gasteiger partial charge in [-0.2, -0.15) is 0 Å². The molecule has 0 aliphatic carbocycles. The Hall–Kier alpha value is -2.14. The molecule has 2 heterocycles. The molecule has 90 valence electrons. The second kappa shape index (κ2) is 3.96. The molecule has 0 bridgehead atoms. The average Bonchev–Trinajstić information content (AvgIpc) is 2.68. The third-order valence-electron chi connectivity index (χ3n) is 2.86. The number of nitrogens with two attached hydrogens (primary N) is 1. The first kappa shape index (κ1) is 11.0. The number of aromatic nitrogens is 2. The summed E-state index contributed by atoms with van der Waals surface area (Å²) in [4.78, 5) is 19.9. The molecule has 18 heavy (non-hydrogen) atoms. The van der Waals surface area contributed by atoms with E-state index in [4.69, 9.17) is 17.3 Å². The molecular formula is C12H9ClN4O. The van der Waals surface area contributed by atoms with Gasteiger partial charge in [0.05, 0.1) is 16.9 Å². The lowest BCUT2D eigenvalue weighted by molar-refractivity contribution is -0.116. The van der Waals surface area contributed by atoms with Gasteiger partial charge in [0.25, 0.3) is 0 Å². The molecule has 3 N–H and O–H groups in total. The maximum atomic E-state index is 12.0. The van der Waals surface area contributed by atoms with Crippen LogP contribution in [-0.2, 0) is 4.79 Å². The van der Waals surface area contributed by atoms with Gasteiger partial charge in [-0.15, -0.1) is 0 Å². The van der Waals surface area contributed by atoms with Gasteiger partial charge >= 0.3 is 0 Å². The lowest BCUT2D eigenvalue weighted by atomic mass is 9.97. The Morgan fingerprint density at radius 1 is 1.33 bits per heavy atom. The number of carbonyl (C=O) groups excluding carboxylic acids is 1. The van der Waals surface area contributed by atoms with Crippen molar-refractivity contribution < 1.29 is 4.79 Å². The van der Waals surface area contributed by atoms with Crippen molar-refractivity contribution in [2.75, 3.05) is 11.1 Å². The van der Waals surface area contributed by atoms with Crippen molar-refractivity contribution in [1.82, 2.24) is 9.97 Å². The quantitative estimate of drug-likeness (QED) is 0.819. The third kappa shape index (κ3) is 1.60. The van der Waals surface area contributed by atoms with Gasteiger partial charge in [-0.05, 0) is 11.6 Å². The maximum Gasteiger partial charge on any atom is 0.238 e. The van der Waals surface area contributed by atoms with E-state index in [1.54, 1.807) is 0 Å². The van der Waals surface area contributed by atoms with Crippen molar-refractivity contribution in [3.05, 3.63) is 46.7 Å². The van der Waals surface area contributed by atoms with Gasteiger partial charge in [0, 0.05) is 5.69 Å². The molecule has 0 saturated heterocycles. The summed E-state index contributed by atoms with van der Waals surface area (Å²) in [6.07, 6.45) is 1.41. The molecule has 2 aromatic rings. The van der Waals surface area contributed by atoms with Gasteiger partial charge < -0.3 is 11.1 Å². The Kier molecular flexibility index (Phi) is 2.41. The van der Waals surface area contributed by atoms with Crippen LogP contribution in [0.5, 0.6) is 0 Å². The summed E-state index contributed by atoms with van der Waals surface area (Å²) in [5.74, 6) is -0.582. The van der Waals surface area contributed by atoms with Gasteiger partial charge in [0.1, 0.15) is 5.92 Å². The number of nitrogens with zero attached hydrogens (tertiary/aromatic N) is 2. The smallest absolute Gasteiger partial charge is 0.238 e. The van der Waals surface area contributed by atoms with E-state index in [9.17, 15) is 4.79 Å². The summed E-state index contributed by atoms with van der Waals surface area (Å²) in [6, 6.07) is 7.43. The van der Waals surface area contributed by atoms with Crippen LogP contribution in [0.25, 0.3) is 0 Å². The van der Waals surface area contributed by atoms with Crippen LogP contribution in [-0.4, -0.2) is 15.9 Å². The topological polar surface area (TPSA) is 80.9 Å². The number of nitrogens with one attached hydrogen (secondary N) is 1. The summed E-state index contributed by atoms with van der Waals surface area (Å²) in [6.45, 7) is 0. The Morgan fingerprint density at radius 2 is 2.11 bits per heavy atom. The van der Waals surface area contributed by atoms with Gasteiger partial charge in [0.15, 0.2) is 0 Å². The van der Waals surface area contributed by atoms with E-state index in [1.165, 1.54) is 6.20 Å². The lowest BCUT2D eigenvalue weighted by Gasteiger charge is -2.10. The fourth-order valence-electron chi connectivity index (χ4n) is 2.08. The van der Waals surface area contributed by atoms with E-state index in [2.05, 4.69) is 15.3 Å². The van der Waals surface area contributed by atoms with Crippen LogP contribution in [0.3, 0.4) is 0 Å². The number of hydrogen-bond donors (Lipinski definition) is 2. The van der Waals surface area contributed by atoms with E-state index in [0.717, 1.165) is 11.3 Å². The standard InChI is InChI=1S/C12H9ClN4O/c13-7-5-15-12(14)17-10(7)9-6-3-1-2-4-8(6)16-11(9)18/h1-5,9H,(H,16,18)(H2,14,15,17). The Bertz CT molecular complexity index is 644. The summed E-state index contributed by atoms with van der Waals surface area (Å²) in [5, 5.41) is 3.13. The van der Waals surface area contributed by atoms with Crippen LogP contribution in [0.4, 0.5) is 11.6 Å². The number of halogens is 1. The zero-order chi connectivity index (χ0) is 12.7. The number of para-hydroxylation sites is 1. The average molecular weight is 261 g/mol. The predicted octanol–water partition coefficient (Wildman–Crippen LogP) is 1.80. The van der Waals surface area contributed by atoms with E-state index in [1.807, 2.05) is 24.3 Å². The van der Waals surface area contributed by atoms with E-state index < -0.39 is 5.92 Å². The van der Waals surface area contributed by atoms with Gasteiger partial charge in [-0.3, -0.25) is 4.79 Å².